The van der Waals surface area contributed by atoms with Gasteiger partial charge in [0.2, 0.25) is 0 Å². The van der Waals surface area contributed by atoms with Gasteiger partial charge in [-0.3, -0.25) is 14.9 Å². The molecule has 0 radical (unpaired) electrons. The fourth-order valence-electron chi connectivity index (χ4n) is 2.23. The molecule has 2 aromatic carbocycles. The molecule has 0 aromatic heterocycles. The van der Waals surface area contributed by atoms with Crippen molar-refractivity contribution in [3.05, 3.63) is 69.3 Å². The Bertz CT molecular complexity index is 1030. The first kappa shape index (κ1) is 22.3. The Morgan fingerprint density at radius 3 is 1.72 bits per heavy atom. The van der Waals surface area contributed by atoms with Gasteiger partial charge in [-0.15, -0.1) is 0 Å². The summed E-state index contributed by atoms with van der Waals surface area (Å²) in [5.74, 6) is -2.93. The molecule has 13 heteroatoms. The second kappa shape index (κ2) is 7.46. The van der Waals surface area contributed by atoms with Crippen LogP contribution < -0.4 is 0 Å². The number of carbonyl (C=O) groups is 1. The number of nitro groups is 1. The first-order valence-corrected chi connectivity index (χ1v) is 9.06. The van der Waals surface area contributed by atoms with E-state index in [2.05, 4.69) is 0 Å². The third-order valence-corrected chi connectivity index (χ3v) is 5.27. The number of halogens is 6. The maximum absolute atomic E-state index is 12.9. The average molecular weight is 441 g/mol. The number of benzene rings is 2. The molecule has 0 saturated heterocycles. The van der Waals surface area contributed by atoms with Crippen molar-refractivity contribution in [2.75, 3.05) is 5.75 Å². The van der Waals surface area contributed by atoms with E-state index < -0.39 is 65.9 Å². The van der Waals surface area contributed by atoms with Crippen molar-refractivity contribution in [1.82, 2.24) is 0 Å². The average Bonchev–Trinajstić information content (AvgIpc) is 2.59. The number of non-ortho nitro benzene ring substituents is 1. The van der Waals surface area contributed by atoms with E-state index in [0.29, 0.717) is 0 Å². The molecule has 0 unspecified atom stereocenters. The summed E-state index contributed by atoms with van der Waals surface area (Å²) in [6, 6.07) is 3.31. The molecule has 6 nitrogen and oxygen atoms in total. The molecule has 0 amide bonds. The van der Waals surface area contributed by atoms with Crippen LogP contribution >= 0.6 is 0 Å². The van der Waals surface area contributed by atoms with Crippen LogP contribution in [0.5, 0.6) is 0 Å². The summed E-state index contributed by atoms with van der Waals surface area (Å²) in [6.45, 7) is 0. The van der Waals surface area contributed by atoms with Gasteiger partial charge in [-0.2, -0.15) is 26.3 Å². The third kappa shape index (κ3) is 5.31. The molecule has 0 aliphatic rings. The Labute approximate surface area is 158 Å². The molecule has 29 heavy (non-hydrogen) atoms. The zero-order valence-corrected chi connectivity index (χ0v) is 14.7. The summed E-state index contributed by atoms with van der Waals surface area (Å²) in [4.78, 5) is 21.3. The molecule has 0 bridgehead atoms. The maximum atomic E-state index is 12.9. The van der Waals surface area contributed by atoms with E-state index in [0.717, 1.165) is 24.3 Å². The molecule has 0 aliphatic heterocycles. The number of sulfone groups is 1. The van der Waals surface area contributed by atoms with E-state index in [4.69, 9.17) is 0 Å². The lowest BCUT2D eigenvalue weighted by atomic mass is 10.0. The van der Waals surface area contributed by atoms with E-state index in [1.807, 2.05) is 0 Å². The second-order valence-corrected chi connectivity index (χ2v) is 7.72. The molecule has 0 heterocycles. The third-order valence-electron chi connectivity index (χ3n) is 3.64. The van der Waals surface area contributed by atoms with Crippen molar-refractivity contribution in [3.63, 3.8) is 0 Å². The van der Waals surface area contributed by atoms with Crippen molar-refractivity contribution in [3.8, 4) is 0 Å². The lowest BCUT2D eigenvalue weighted by molar-refractivity contribution is -0.384. The Morgan fingerprint density at radius 1 is 0.897 bits per heavy atom. The van der Waals surface area contributed by atoms with Crippen molar-refractivity contribution in [2.24, 2.45) is 0 Å². The van der Waals surface area contributed by atoms with Crippen LogP contribution in [-0.2, 0) is 22.2 Å². The molecule has 0 N–H and O–H groups in total. The number of carbonyl (C=O) groups excluding carboxylic acids is 1. The number of Topliss-reactive ketones (excluding diaryl/α,β-unsaturated/α-hetero) is 1. The Kier molecular flexibility index (Phi) is 5.75. The normalized spacial score (nSPS) is 12.6. The smallest absolute Gasteiger partial charge is 0.293 e. The quantitative estimate of drug-likeness (QED) is 0.299. The van der Waals surface area contributed by atoms with Gasteiger partial charge in [0.15, 0.2) is 15.6 Å². The predicted molar refractivity (Wildman–Crippen MR) is 85.9 cm³/mol. The predicted octanol–water partition coefficient (Wildman–Crippen LogP) is 4.29. The van der Waals surface area contributed by atoms with Gasteiger partial charge in [0.05, 0.1) is 20.9 Å². The number of hydrogen-bond donors (Lipinski definition) is 0. The number of ketones is 1. The highest BCUT2D eigenvalue weighted by Gasteiger charge is 2.37. The fourth-order valence-corrected chi connectivity index (χ4v) is 3.46. The lowest BCUT2D eigenvalue weighted by Crippen LogP contribution is -2.19. The maximum Gasteiger partial charge on any atom is 0.416 e. The van der Waals surface area contributed by atoms with Crippen molar-refractivity contribution in [2.45, 2.75) is 17.2 Å². The van der Waals surface area contributed by atoms with Gasteiger partial charge in [0, 0.05) is 17.7 Å². The molecule has 156 valence electrons. The Morgan fingerprint density at radius 2 is 1.34 bits per heavy atom. The van der Waals surface area contributed by atoms with Crippen LogP contribution in [-0.4, -0.2) is 24.9 Å². The SMILES string of the molecule is O=C(CS(=O)(=O)c1ccc([N+](=O)[O-])cc1)c1cc(C(F)(F)F)cc(C(F)(F)F)c1. The van der Waals surface area contributed by atoms with Gasteiger partial charge in [-0.05, 0) is 30.3 Å². The molecule has 0 fully saturated rings. The van der Waals surface area contributed by atoms with Crippen LogP contribution in [0.2, 0.25) is 0 Å². The van der Waals surface area contributed by atoms with Crippen LogP contribution in [0.25, 0.3) is 0 Å². The topological polar surface area (TPSA) is 94.3 Å². The highest BCUT2D eigenvalue weighted by molar-refractivity contribution is 7.92. The summed E-state index contributed by atoms with van der Waals surface area (Å²) < 4.78 is 102. The molecule has 2 aromatic rings. The molecular formula is C16H9F6NO5S. The fraction of sp³-hybridized carbons (Fsp3) is 0.188. The Hall–Kier alpha value is -2.96. The van der Waals surface area contributed by atoms with E-state index in [-0.39, 0.29) is 18.2 Å². The molecule has 0 aliphatic carbocycles. The molecule has 2 rings (SSSR count). The summed E-state index contributed by atoms with van der Waals surface area (Å²) in [6.07, 6.45) is -10.4. The van der Waals surface area contributed by atoms with E-state index in [1.54, 1.807) is 0 Å². The van der Waals surface area contributed by atoms with Crippen LogP contribution in [0, 0.1) is 10.1 Å². The minimum absolute atomic E-state index is 0.128. The first-order chi connectivity index (χ1) is 13.1. The number of alkyl halides is 6. The van der Waals surface area contributed by atoms with Crippen molar-refractivity contribution >= 4 is 21.3 Å². The van der Waals surface area contributed by atoms with Gasteiger partial charge in [0.1, 0.15) is 5.75 Å². The number of rotatable bonds is 5. The number of nitro benzene ring substituents is 1. The summed E-state index contributed by atoms with van der Waals surface area (Å²) in [7, 11) is -4.48. The second-order valence-electron chi connectivity index (χ2n) is 5.73. The zero-order chi connectivity index (χ0) is 22.2. The number of hydrogen-bond acceptors (Lipinski definition) is 5. The van der Waals surface area contributed by atoms with Gasteiger partial charge in [0.25, 0.3) is 5.69 Å². The van der Waals surface area contributed by atoms with Crippen LogP contribution in [0.4, 0.5) is 32.0 Å². The zero-order valence-electron chi connectivity index (χ0n) is 13.9. The van der Waals surface area contributed by atoms with Gasteiger partial charge < -0.3 is 0 Å². The van der Waals surface area contributed by atoms with Gasteiger partial charge in [-0.25, -0.2) is 8.42 Å². The summed E-state index contributed by atoms with van der Waals surface area (Å²) in [5.41, 5.74) is -5.06. The highest BCUT2D eigenvalue weighted by atomic mass is 32.2. The summed E-state index contributed by atoms with van der Waals surface area (Å²) >= 11 is 0. The minimum Gasteiger partial charge on any atom is -0.293 e. The monoisotopic (exact) mass is 441 g/mol. The minimum atomic E-state index is -5.20. The number of nitrogens with zero attached hydrogens (tertiary/aromatic N) is 1. The van der Waals surface area contributed by atoms with Crippen LogP contribution in [0.15, 0.2) is 47.4 Å². The lowest BCUT2D eigenvalue weighted by Gasteiger charge is -2.14. The van der Waals surface area contributed by atoms with E-state index >= 15 is 0 Å². The van der Waals surface area contributed by atoms with Crippen LogP contribution in [0.1, 0.15) is 21.5 Å². The standard InChI is InChI=1S/C16H9F6NO5S/c17-15(18,19)10-5-9(6-11(7-10)16(20,21)22)14(24)8-29(27,28)13-3-1-12(2-4-13)23(25)26/h1-7H,8H2. The highest BCUT2D eigenvalue weighted by Crippen LogP contribution is 2.36. The van der Waals surface area contributed by atoms with Crippen molar-refractivity contribution < 1.29 is 44.5 Å². The molecular weight excluding hydrogens is 432 g/mol. The summed E-state index contributed by atoms with van der Waals surface area (Å²) in [5, 5.41) is 10.6. The molecule has 0 atom stereocenters. The van der Waals surface area contributed by atoms with E-state index in [1.165, 1.54) is 0 Å². The van der Waals surface area contributed by atoms with Crippen molar-refractivity contribution in [1.29, 1.82) is 0 Å². The van der Waals surface area contributed by atoms with Crippen LogP contribution in [0.3, 0.4) is 0 Å². The molecule has 0 spiro atoms. The van der Waals surface area contributed by atoms with Gasteiger partial charge in [-0.1, -0.05) is 0 Å². The largest absolute Gasteiger partial charge is 0.416 e. The van der Waals surface area contributed by atoms with Gasteiger partial charge >= 0.3 is 12.4 Å². The Balaban J connectivity index is 2.42. The van der Waals surface area contributed by atoms with E-state index in [9.17, 15) is 49.7 Å². The first-order valence-electron chi connectivity index (χ1n) is 7.41. The molecule has 0 saturated carbocycles.